The molecule has 3 nitrogen and oxygen atoms in total. The molecule has 0 spiro atoms. The Bertz CT molecular complexity index is 447. The molecule has 1 atom stereocenters. The molecule has 0 radical (unpaired) electrons. The number of aliphatic hydroxyl groups is 1. The minimum Gasteiger partial charge on any atom is -0.388 e. The molecule has 0 bridgehead atoms. The van der Waals surface area contributed by atoms with Crippen molar-refractivity contribution in [2.24, 2.45) is 0 Å². The van der Waals surface area contributed by atoms with Gasteiger partial charge in [0.1, 0.15) is 0 Å². The summed E-state index contributed by atoms with van der Waals surface area (Å²) in [6, 6.07) is 5.92. The lowest BCUT2D eigenvalue weighted by molar-refractivity contribution is -0.118. The molecular formula is C14H19NO2S. The number of amides is 1. The molecule has 0 saturated heterocycles. The molecular weight excluding hydrogens is 246 g/mol. The Morgan fingerprint density at radius 3 is 2.94 bits per heavy atom. The lowest BCUT2D eigenvalue weighted by Crippen LogP contribution is -2.31. The van der Waals surface area contributed by atoms with Crippen LogP contribution < -0.4 is 4.90 Å². The fraction of sp³-hybridized carbons (Fsp3) is 0.500. The number of rotatable bonds is 4. The van der Waals surface area contributed by atoms with E-state index in [-0.39, 0.29) is 5.91 Å². The Hall–Kier alpha value is -1.00. The van der Waals surface area contributed by atoms with Crippen LogP contribution in [0.1, 0.15) is 30.1 Å². The first-order valence-corrected chi connectivity index (χ1v) is 7.59. The van der Waals surface area contributed by atoms with E-state index in [4.69, 9.17) is 0 Å². The van der Waals surface area contributed by atoms with Crippen LogP contribution in [0.3, 0.4) is 0 Å². The van der Waals surface area contributed by atoms with Crippen LogP contribution >= 0.6 is 11.8 Å². The van der Waals surface area contributed by atoms with E-state index in [0.29, 0.717) is 6.42 Å². The summed E-state index contributed by atoms with van der Waals surface area (Å²) in [5, 5.41) is 10.1. The lowest BCUT2D eigenvalue weighted by atomic mass is 9.96. The van der Waals surface area contributed by atoms with Crippen LogP contribution in [0.15, 0.2) is 18.2 Å². The lowest BCUT2D eigenvalue weighted by Gasteiger charge is -2.26. The maximum Gasteiger partial charge on any atom is 0.227 e. The normalized spacial score (nSPS) is 16.6. The standard InChI is InChI=1S/C14H19NO2S/c1-15-12-5-3-11(13(16)7-8-18-2)9-10(12)4-6-14(15)17/h3,5,9,13,16H,4,6-8H2,1-2H3. The van der Waals surface area contributed by atoms with Gasteiger partial charge in [0.05, 0.1) is 6.10 Å². The smallest absolute Gasteiger partial charge is 0.227 e. The summed E-state index contributed by atoms with van der Waals surface area (Å²) in [6.07, 6.45) is 3.76. The minimum atomic E-state index is -0.398. The second-order valence-electron chi connectivity index (χ2n) is 4.64. The van der Waals surface area contributed by atoms with Crippen molar-refractivity contribution in [3.8, 4) is 0 Å². The van der Waals surface area contributed by atoms with Gasteiger partial charge in [0.25, 0.3) is 0 Å². The average Bonchev–Trinajstić information content (AvgIpc) is 2.40. The molecule has 1 aliphatic heterocycles. The minimum absolute atomic E-state index is 0.165. The van der Waals surface area contributed by atoms with Gasteiger partial charge in [0.2, 0.25) is 5.91 Å². The number of anilines is 1. The van der Waals surface area contributed by atoms with E-state index in [0.717, 1.165) is 35.4 Å². The van der Waals surface area contributed by atoms with Crippen LogP contribution in [0.5, 0.6) is 0 Å². The molecule has 1 heterocycles. The topological polar surface area (TPSA) is 40.5 Å². The van der Waals surface area contributed by atoms with Crippen molar-refractivity contribution in [2.75, 3.05) is 24.0 Å². The predicted octanol–water partition coefficient (Wildman–Crippen LogP) is 2.38. The molecule has 1 amide bonds. The summed E-state index contributed by atoms with van der Waals surface area (Å²) in [6.45, 7) is 0. The summed E-state index contributed by atoms with van der Waals surface area (Å²) in [5.41, 5.74) is 3.11. The molecule has 2 rings (SSSR count). The Kier molecular flexibility index (Phi) is 4.30. The van der Waals surface area contributed by atoms with Crippen molar-refractivity contribution >= 4 is 23.4 Å². The van der Waals surface area contributed by atoms with Crippen molar-refractivity contribution in [1.82, 2.24) is 0 Å². The first-order chi connectivity index (χ1) is 8.63. The molecule has 4 heteroatoms. The second kappa shape index (κ2) is 5.76. The molecule has 18 heavy (non-hydrogen) atoms. The van der Waals surface area contributed by atoms with Crippen LogP contribution in [0.2, 0.25) is 0 Å². The molecule has 1 unspecified atom stereocenters. The van der Waals surface area contributed by atoms with E-state index in [1.807, 2.05) is 31.5 Å². The number of nitrogens with zero attached hydrogens (tertiary/aromatic N) is 1. The molecule has 1 aromatic rings. The van der Waals surface area contributed by atoms with E-state index in [1.54, 1.807) is 16.7 Å². The van der Waals surface area contributed by atoms with E-state index >= 15 is 0 Å². The summed E-state index contributed by atoms with van der Waals surface area (Å²) in [7, 11) is 1.81. The molecule has 0 fully saturated rings. The summed E-state index contributed by atoms with van der Waals surface area (Å²) in [5.74, 6) is 1.12. The van der Waals surface area contributed by atoms with Gasteiger partial charge in [-0.2, -0.15) is 11.8 Å². The highest BCUT2D eigenvalue weighted by molar-refractivity contribution is 7.98. The Morgan fingerprint density at radius 2 is 2.22 bits per heavy atom. The molecule has 98 valence electrons. The zero-order valence-corrected chi connectivity index (χ0v) is 11.7. The van der Waals surface area contributed by atoms with Crippen LogP contribution in [-0.4, -0.2) is 30.1 Å². The van der Waals surface area contributed by atoms with Gasteiger partial charge < -0.3 is 10.0 Å². The fourth-order valence-electron chi connectivity index (χ4n) is 2.28. The highest BCUT2D eigenvalue weighted by Crippen LogP contribution is 2.30. The van der Waals surface area contributed by atoms with E-state index in [9.17, 15) is 9.90 Å². The van der Waals surface area contributed by atoms with Crippen LogP contribution in [0.25, 0.3) is 0 Å². The monoisotopic (exact) mass is 265 g/mol. The number of fused-ring (bicyclic) bond motifs is 1. The van der Waals surface area contributed by atoms with E-state index in [2.05, 4.69) is 0 Å². The van der Waals surface area contributed by atoms with Gasteiger partial charge in [-0.1, -0.05) is 12.1 Å². The predicted molar refractivity (Wildman–Crippen MR) is 76.1 cm³/mol. The average molecular weight is 265 g/mol. The third-order valence-corrected chi connectivity index (χ3v) is 4.07. The van der Waals surface area contributed by atoms with Crippen molar-refractivity contribution in [2.45, 2.75) is 25.4 Å². The fourth-order valence-corrected chi connectivity index (χ4v) is 2.74. The molecule has 1 N–H and O–H groups in total. The zero-order chi connectivity index (χ0) is 13.1. The van der Waals surface area contributed by atoms with E-state index in [1.165, 1.54) is 0 Å². The number of carbonyl (C=O) groups is 1. The number of thioether (sulfide) groups is 1. The first-order valence-electron chi connectivity index (χ1n) is 6.20. The van der Waals surface area contributed by atoms with Crippen molar-refractivity contribution in [3.05, 3.63) is 29.3 Å². The number of aliphatic hydroxyl groups excluding tert-OH is 1. The van der Waals surface area contributed by atoms with Crippen LogP contribution in [0, 0.1) is 0 Å². The molecule has 1 aromatic carbocycles. The number of benzene rings is 1. The maximum atomic E-state index is 11.6. The number of hydrogen-bond acceptors (Lipinski definition) is 3. The van der Waals surface area contributed by atoms with Crippen molar-refractivity contribution < 1.29 is 9.90 Å². The van der Waals surface area contributed by atoms with Gasteiger partial charge in [-0.15, -0.1) is 0 Å². The maximum absolute atomic E-state index is 11.6. The molecule has 0 saturated carbocycles. The second-order valence-corrected chi connectivity index (χ2v) is 5.62. The SMILES string of the molecule is CSCCC(O)c1ccc2c(c1)CCC(=O)N2C. The summed E-state index contributed by atoms with van der Waals surface area (Å²) < 4.78 is 0. The van der Waals surface area contributed by atoms with Gasteiger partial charge in [-0.3, -0.25) is 4.79 Å². The number of carbonyl (C=O) groups excluding carboxylic acids is 1. The number of hydrogen-bond donors (Lipinski definition) is 1. The molecule has 0 aliphatic carbocycles. The first kappa shape index (κ1) is 13.4. The van der Waals surface area contributed by atoms with E-state index < -0.39 is 6.10 Å². The molecule has 1 aliphatic rings. The van der Waals surface area contributed by atoms with Crippen LogP contribution in [0.4, 0.5) is 5.69 Å². The quantitative estimate of drug-likeness (QED) is 0.908. The highest BCUT2D eigenvalue weighted by Gasteiger charge is 2.21. The van der Waals surface area contributed by atoms with Gasteiger partial charge >= 0.3 is 0 Å². The van der Waals surface area contributed by atoms with Gasteiger partial charge in [0, 0.05) is 19.2 Å². The Morgan fingerprint density at radius 1 is 1.44 bits per heavy atom. The van der Waals surface area contributed by atoms with Crippen molar-refractivity contribution in [3.63, 3.8) is 0 Å². The zero-order valence-electron chi connectivity index (χ0n) is 10.8. The number of aryl methyl sites for hydroxylation is 1. The van der Waals surface area contributed by atoms with Crippen molar-refractivity contribution in [1.29, 1.82) is 0 Å². The highest BCUT2D eigenvalue weighted by atomic mass is 32.2. The Labute approximate surface area is 112 Å². The van der Waals surface area contributed by atoms with Crippen LogP contribution in [-0.2, 0) is 11.2 Å². The summed E-state index contributed by atoms with van der Waals surface area (Å²) in [4.78, 5) is 13.3. The summed E-state index contributed by atoms with van der Waals surface area (Å²) >= 11 is 1.74. The Balaban J connectivity index is 2.20. The van der Waals surface area contributed by atoms with Gasteiger partial charge in [-0.05, 0) is 42.0 Å². The van der Waals surface area contributed by atoms with Gasteiger partial charge in [-0.25, -0.2) is 0 Å². The van der Waals surface area contributed by atoms with Gasteiger partial charge in [0.15, 0.2) is 0 Å². The third-order valence-electron chi connectivity index (χ3n) is 3.43. The largest absolute Gasteiger partial charge is 0.388 e. The third kappa shape index (κ3) is 2.70. The molecule has 0 aromatic heterocycles.